The van der Waals surface area contributed by atoms with Crippen LogP contribution >= 0.6 is 28.1 Å². The van der Waals surface area contributed by atoms with Crippen molar-refractivity contribution in [1.29, 1.82) is 0 Å². The lowest BCUT2D eigenvalue weighted by atomic mass is 10.1. The van der Waals surface area contributed by atoms with E-state index in [1.165, 1.54) is 23.6 Å². The zero-order valence-electron chi connectivity index (χ0n) is 11.1. The highest BCUT2D eigenvalue weighted by molar-refractivity contribution is 9.10. The van der Waals surface area contributed by atoms with Crippen LogP contribution in [0.2, 0.25) is 0 Å². The molecule has 0 fully saturated rings. The number of rotatable bonds is 1. The molecule has 2 aromatic carbocycles. The van der Waals surface area contributed by atoms with Crippen LogP contribution in [-0.2, 0) is 12.8 Å². The van der Waals surface area contributed by atoms with Crippen LogP contribution < -0.4 is 0 Å². The average molecular weight is 363 g/mol. The molecule has 1 aliphatic carbocycles. The Morgan fingerprint density at radius 2 is 1.95 bits per heavy atom. The van der Waals surface area contributed by atoms with Gasteiger partial charge in [0.05, 0.1) is 15.5 Å². The Bertz CT molecular complexity index is 926. The second-order valence-corrected chi connectivity index (χ2v) is 6.60. The Balaban J connectivity index is 2.00. The lowest BCUT2D eigenvalue weighted by molar-refractivity contribution is 0.622. The van der Waals surface area contributed by atoms with Crippen molar-refractivity contribution >= 4 is 39.2 Å². The van der Waals surface area contributed by atoms with Crippen molar-refractivity contribution in [1.82, 2.24) is 9.55 Å². The maximum atomic E-state index is 13.9. The molecule has 0 radical (unpaired) electrons. The molecule has 0 spiro atoms. The monoisotopic (exact) mass is 362 g/mol. The first-order valence-electron chi connectivity index (χ1n) is 6.85. The highest BCUT2D eigenvalue weighted by atomic mass is 79.9. The number of nitrogens with zero attached hydrogens (tertiary/aromatic N) is 1. The molecule has 1 aliphatic rings. The summed E-state index contributed by atoms with van der Waals surface area (Å²) in [6.07, 6.45) is 3.47. The fourth-order valence-electron chi connectivity index (χ4n) is 3.06. The first-order chi connectivity index (χ1) is 10.1. The third-order valence-electron chi connectivity index (χ3n) is 4.06. The molecule has 4 rings (SSSR count). The molecule has 0 saturated heterocycles. The second kappa shape index (κ2) is 4.78. The summed E-state index contributed by atoms with van der Waals surface area (Å²) in [6, 6.07) is 9.63. The normalized spacial score (nSPS) is 13.8. The van der Waals surface area contributed by atoms with Gasteiger partial charge < -0.3 is 4.98 Å². The molecule has 1 N–H and O–H groups in total. The van der Waals surface area contributed by atoms with Crippen molar-refractivity contribution in [3.8, 4) is 5.69 Å². The Labute approximate surface area is 134 Å². The molecule has 5 heteroatoms. The third-order valence-corrected chi connectivity index (χ3v) is 4.96. The minimum Gasteiger partial charge on any atom is -0.330 e. The Morgan fingerprint density at radius 1 is 1.14 bits per heavy atom. The summed E-state index contributed by atoms with van der Waals surface area (Å²) in [6.45, 7) is 0. The van der Waals surface area contributed by atoms with E-state index in [2.05, 4.69) is 39.1 Å². The number of aryl methyl sites for hydroxylation is 2. The lowest BCUT2D eigenvalue weighted by Gasteiger charge is -2.08. The van der Waals surface area contributed by atoms with Gasteiger partial charge in [-0.3, -0.25) is 4.57 Å². The Hall–Kier alpha value is -1.46. The smallest absolute Gasteiger partial charge is 0.182 e. The van der Waals surface area contributed by atoms with Crippen LogP contribution in [-0.4, -0.2) is 9.55 Å². The van der Waals surface area contributed by atoms with E-state index in [0.29, 0.717) is 9.24 Å². The Kier molecular flexibility index (Phi) is 3.01. The van der Waals surface area contributed by atoms with Crippen molar-refractivity contribution in [2.75, 3.05) is 0 Å². The minimum atomic E-state index is -0.286. The molecule has 3 aromatic rings. The van der Waals surface area contributed by atoms with Gasteiger partial charge in [-0.05, 0) is 76.7 Å². The quantitative estimate of drug-likeness (QED) is 0.598. The molecule has 0 atom stereocenters. The van der Waals surface area contributed by atoms with E-state index in [0.717, 1.165) is 29.6 Å². The van der Waals surface area contributed by atoms with Gasteiger partial charge in [0.15, 0.2) is 4.77 Å². The van der Waals surface area contributed by atoms with Gasteiger partial charge in [0, 0.05) is 11.8 Å². The summed E-state index contributed by atoms with van der Waals surface area (Å²) < 4.78 is 16.8. The fourth-order valence-corrected chi connectivity index (χ4v) is 3.71. The van der Waals surface area contributed by atoms with Gasteiger partial charge in [0.1, 0.15) is 5.82 Å². The average Bonchev–Trinajstić information content (AvgIpc) is 3.02. The topological polar surface area (TPSA) is 20.7 Å². The van der Waals surface area contributed by atoms with Crippen molar-refractivity contribution in [2.45, 2.75) is 19.3 Å². The van der Waals surface area contributed by atoms with E-state index in [9.17, 15) is 4.39 Å². The van der Waals surface area contributed by atoms with Crippen molar-refractivity contribution < 1.29 is 4.39 Å². The molecule has 0 bridgehead atoms. The number of nitrogens with one attached hydrogen (secondary N) is 1. The zero-order valence-corrected chi connectivity index (χ0v) is 13.5. The number of H-pyrrole nitrogens is 1. The van der Waals surface area contributed by atoms with Gasteiger partial charge in [-0.25, -0.2) is 4.39 Å². The van der Waals surface area contributed by atoms with Crippen molar-refractivity contribution in [2.24, 2.45) is 0 Å². The van der Waals surface area contributed by atoms with Gasteiger partial charge in [0.25, 0.3) is 0 Å². The molecule has 0 unspecified atom stereocenters. The number of hydrogen-bond acceptors (Lipinski definition) is 1. The van der Waals surface area contributed by atoms with Gasteiger partial charge in [-0.2, -0.15) is 0 Å². The predicted octanol–water partition coefficient (Wildman–Crippen LogP) is 5.08. The third kappa shape index (κ3) is 2.07. The molecular formula is C16H12BrFN2S. The van der Waals surface area contributed by atoms with Crippen LogP contribution in [0.3, 0.4) is 0 Å². The number of aromatic amines is 1. The van der Waals surface area contributed by atoms with Gasteiger partial charge in [-0.15, -0.1) is 0 Å². The largest absolute Gasteiger partial charge is 0.330 e. The van der Waals surface area contributed by atoms with Crippen molar-refractivity contribution in [3.05, 3.63) is 56.5 Å². The summed E-state index contributed by atoms with van der Waals surface area (Å²) in [5, 5.41) is 0. The molecule has 2 nitrogen and oxygen atoms in total. The van der Waals surface area contributed by atoms with Gasteiger partial charge >= 0.3 is 0 Å². The minimum absolute atomic E-state index is 0.286. The molecule has 1 heterocycles. The first-order valence-corrected chi connectivity index (χ1v) is 8.05. The van der Waals surface area contributed by atoms with Gasteiger partial charge in [0.2, 0.25) is 0 Å². The van der Waals surface area contributed by atoms with E-state index >= 15 is 0 Å². The molecule has 21 heavy (non-hydrogen) atoms. The summed E-state index contributed by atoms with van der Waals surface area (Å²) in [5.74, 6) is -0.286. The maximum absolute atomic E-state index is 13.9. The van der Waals surface area contributed by atoms with E-state index in [4.69, 9.17) is 12.2 Å². The Morgan fingerprint density at radius 3 is 2.81 bits per heavy atom. The lowest BCUT2D eigenvalue weighted by Crippen LogP contribution is -1.96. The van der Waals surface area contributed by atoms with Crippen LogP contribution in [0.15, 0.2) is 34.8 Å². The van der Waals surface area contributed by atoms with E-state index in [-0.39, 0.29) is 5.82 Å². The number of benzene rings is 2. The van der Waals surface area contributed by atoms with E-state index in [1.807, 2.05) is 4.57 Å². The van der Waals surface area contributed by atoms with Crippen LogP contribution in [0.1, 0.15) is 17.5 Å². The molecule has 0 aliphatic heterocycles. The number of imidazole rings is 1. The summed E-state index contributed by atoms with van der Waals surface area (Å²) in [4.78, 5) is 3.14. The van der Waals surface area contributed by atoms with Crippen LogP contribution in [0.4, 0.5) is 4.39 Å². The standard InChI is InChI=1S/C16H12BrFN2S/c17-12-7-14-15(8-13(12)18)20(16(21)19-14)11-5-4-9-2-1-3-10(9)6-11/h4-8H,1-3H2,(H,19,21). The summed E-state index contributed by atoms with van der Waals surface area (Å²) in [7, 11) is 0. The summed E-state index contributed by atoms with van der Waals surface area (Å²) in [5.41, 5.74) is 5.38. The van der Waals surface area contributed by atoms with Crippen molar-refractivity contribution in [3.63, 3.8) is 0 Å². The molecule has 0 amide bonds. The number of fused-ring (bicyclic) bond motifs is 2. The highest BCUT2D eigenvalue weighted by Crippen LogP contribution is 2.28. The van der Waals surface area contributed by atoms with Crippen LogP contribution in [0.25, 0.3) is 16.7 Å². The van der Waals surface area contributed by atoms with Crippen LogP contribution in [0.5, 0.6) is 0 Å². The maximum Gasteiger partial charge on any atom is 0.182 e. The number of aromatic nitrogens is 2. The SMILES string of the molecule is Fc1cc2c(cc1Br)[nH]c(=S)n2-c1ccc2c(c1)CCC2. The zero-order chi connectivity index (χ0) is 14.6. The molecular weight excluding hydrogens is 351 g/mol. The van der Waals surface area contributed by atoms with E-state index < -0.39 is 0 Å². The van der Waals surface area contributed by atoms with Crippen LogP contribution in [0, 0.1) is 10.6 Å². The molecule has 106 valence electrons. The summed E-state index contributed by atoms with van der Waals surface area (Å²) >= 11 is 8.63. The number of halogens is 2. The molecule has 0 saturated carbocycles. The molecule has 1 aromatic heterocycles. The number of hydrogen-bond donors (Lipinski definition) is 1. The predicted molar refractivity (Wildman–Crippen MR) is 88.1 cm³/mol. The van der Waals surface area contributed by atoms with E-state index in [1.54, 1.807) is 6.07 Å². The fraction of sp³-hybridized carbons (Fsp3) is 0.188. The van der Waals surface area contributed by atoms with Gasteiger partial charge in [-0.1, -0.05) is 6.07 Å². The first kappa shape index (κ1) is 13.2. The highest BCUT2D eigenvalue weighted by Gasteiger charge is 2.14. The second-order valence-electron chi connectivity index (χ2n) is 5.36.